The smallest absolute Gasteiger partial charge is 0.270 e. The molecule has 0 fully saturated rings. The van der Waals surface area contributed by atoms with Crippen LogP contribution in [0.3, 0.4) is 0 Å². The predicted octanol–water partition coefficient (Wildman–Crippen LogP) is 0.627. The van der Waals surface area contributed by atoms with Gasteiger partial charge in [-0.1, -0.05) is 20.3 Å². The highest BCUT2D eigenvalue weighted by atomic mass is 16.2. The Hall–Kier alpha value is -1.85. The molecule has 6 heteroatoms. The molecule has 1 aromatic heterocycles. The van der Waals surface area contributed by atoms with Gasteiger partial charge in [-0.2, -0.15) is 5.10 Å². The first-order chi connectivity index (χ1) is 9.03. The Balaban J connectivity index is 2.79. The highest BCUT2D eigenvalue weighted by molar-refractivity contribution is 5.96. The lowest BCUT2D eigenvalue weighted by atomic mass is 10.2. The quantitative estimate of drug-likeness (QED) is 0.793. The number of nitrogens with zero attached hydrogens (tertiary/aromatic N) is 2. The molecule has 0 saturated heterocycles. The Labute approximate surface area is 113 Å². The van der Waals surface area contributed by atoms with Crippen LogP contribution in [-0.4, -0.2) is 34.7 Å². The van der Waals surface area contributed by atoms with Crippen LogP contribution in [0.5, 0.6) is 0 Å². The lowest BCUT2D eigenvalue weighted by molar-refractivity contribution is -0.122. The van der Waals surface area contributed by atoms with Crippen molar-refractivity contribution in [1.82, 2.24) is 20.4 Å². The van der Waals surface area contributed by atoms with Crippen LogP contribution in [0, 0.1) is 0 Å². The molecule has 1 aromatic rings. The van der Waals surface area contributed by atoms with Crippen LogP contribution in [0.25, 0.3) is 0 Å². The molecule has 0 radical (unpaired) electrons. The second-order valence-electron chi connectivity index (χ2n) is 4.44. The molecule has 0 unspecified atom stereocenters. The average Bonchev–Trinajstić information content (AvgIpc) is 2.76. The van der Waals surface area contributed by atoms with Crippen molar-refractivity contribution >= 4 is 11.8 Å². The standard InChI is InChI=1S/C13H22N4O2/c1-5-7-9-8-11(17(4)16-9)13(19)15-10(6-2)12(18)14-3/h8,10H,5-7H2,1-4H3,(H,14,18)(H,15,19)/t10-/m1/s1. The van der Waals surface area contributed by atoms with Gasteiger partial charge in [-0.05, 0) is 18.9 Å². The molecule has 1 rings (SSSR count). The van der Waals surface area contributed by atoms with Crippen LogP contribution >= 0.6 is 0 Å². The van der Waals surface area contributed by atoms with Crippen molar-refractivity contribution < 1.29 is 9.59 Å². The molecule has 2 amide bonds. The van der Waals surface area contributed by atoms with Gasteiger partial charge < -0.3 is 10.6 Å². The molecular weight excluding hydrogens is 244 g/mol. The van der Waals surface area contributed by atoms with Crippen LogP contribution < -0.4 is 10.6 Å². The molecular formula is C13H22N4O2. The van der Waals surface area contributed by atoms with Crippen molar-refractivity contribution in [3.63, 3.8) is 0 Å². The molecule has 0 aliphatic rings. The fraction of sp³-hybridized carbons (Fsp3) is 0.615. The molecule has 0 saturated carbocycles. The molecule has 6 nitrogen and oxygen atoms in total. The van der Waals surface area contributed by atoms with E-state index in [1.54, 1.807) is 24.8 Å². The maximum absolute atomic E-state index is 12.1. The largest absolute Gasteiger partial charge is 0.357 e. The number of aromatic nitrogens is 2. The van der Waals surface area contributed by atoms with E-state index in [0.717, 1.165) is 18.5 Å². The molecule has 2 N–H and O–H groups in total. The number of hydrogen-bond acceptors (Lipinski definition) is 3. The van der Waals surface area contributed by atoms with Crippen LogP contribution in [0.1, 0.15) is 42.9 Å². The number of likely N-dealkylation sites (N-methyl/N-ethyl adjacent to an activating group) is 1. The van der Waals surface area contributed by atoms with Crippen LogP contribution in [0.2, 0.25) is 0 Å². The van der Waals surface area contributed by atoms with E-state index >= 15 is 0 Å². The Kier molecular flexibility index (Phi) is 5.54. The highest BCUT2D eigenvalue weighted by Gasteiger charge is 2.20. The van der Waals surface area contributed by atoms with E-state index in [4.69, 9.17) is 0 Å². The molecule has 1 atom stereocenters. The first-order valence-electron chi connectivity index (χ1n) is 6.58. The van der Waals surface area contributed by atoms with Gasteiger partial charge in [0, 0.05) is 14.1 Å². The summed E-state index contributed by atoms with van der Waals surface area (Å²) in [6.07, 6.45) is 2.37. The molecule has 1 heterocycles. The van der Waals surface area contributed by atoms with Gasteiger partial charge in [0.25, 0.3) is 5.91 Å². The summed E-state index contributed by atoms with van der Waals surface area (Å²) in [6.45, 7) is 3.92. The summed E-state index contributed by atoms with van der Waals surface area (Å²) in [5.74, 6) is -0.459. The number of nitrogens with one attached hydrogen (secondary N) is 2. The average molecular weight is 266 g/mol. The summed E-state index contributed by atoms with van der Waals surface area (Å²) >= 11 is 0. The minimum atomic E-state index is -0.512. The first-order valence-corrected chi connectivity index (χ1v) is 6.58. The SMILES string of the molecule is CCCc1cc(C(=O)N[C@H](CC)C(=O)NC)n(C)n1. The van der Waals surface area contributed by atoms with Crippen molar-refractivity contribution in [1.29, 1.82) is 0 Å². The van der Waals surface area contributed by atoms with E-state index < -0.39 is 6.04 Å². The number of hydrogen-bond donors (Lipinski definition) is 2. The zero-order valence-electron chi connectivity index (χ0n) is 12.0. The van der Waals surface area contributed by atoms with Crippen LogP contribution in [-0.2, 0) is 18.3 Å². The molecule has 0 bridgehead atoms. The van der Waals surface area contributed by atoms with E-state index in [1.165, 1.54) is 0 Å². The summed E-state index contributed by atoms with van der Waals surface area (Å²) in [5, 5.41) is 9.53. The van der Waals surface area contributed by atoms with Gasteiger partial charge in [-0.3, -0.25) is 14.3 Å². The summed E-state index contributed by atoms with van der Waals surface area (Å²) in [5.41, 5.74) is 1.37. The minimum absolute atomic E-state index is 0.188. The van der Waals surface area contributed by atoms with E-state index in [2.05, 4.69) is 22.7 Å². The summed E-state index contributed by atoms with van der Waals surface area (Å²) < 4.78 is 1.55. The number of aryl methyl sites for hydroxylation is 2. The summed E-state index contributed by atoms with van der Waals surface area (Å²) in [4.78, 5) is 23.7. The first kappa shape index (κ1) is 15.2. The Morgan fingerprint density at radius 1 is 1.42 bits per heavy atom. The second kappa shape index (κ2) is 6.92. The number of carbonyl (C=O) groups excluding carboxylic acids is 2. The summed E-state index contributed by atoms with van der Waals surface area (Å²) in [6, 6.07) is 1.26. The fourth-order valence-corrected chi connectivity index (χ4v) is 1.88. The van der Waals surface area contributed by atoms with Gasteiger partial charge in [0.1, 0.15) is 11.7 Å². The van der Waals surface area contributed by atoms with Crippen molar-refractivity contribution in [3.8, 4) is 0 Å². The van der Waals surface area contributed by atoms with E-state index in [-0.39, 0.29) is 11.8 Å². The van der Waals surface area contributed by atoms with E-state index in [9.17, 15) is 9.59 Å². The third kappa shape index (κ3) is 3.81. The van der Waals surface area contributed by atoms with Crippen molar-refractivity contribution in [2.45, 2.75) is 39.2 Å². The normalized spacial score (nSPS) is 12.0. The zero-order chi connectivity index (χ0) is 14.4. The van der Waals surface area contributed by atoms with Gasteiger partial charge in [-0.25, -0.2) is 0 Å². The van der Waals surface area contributed by atoms with E-state index in [0.29, 0.717) is 12.1 Å². The van der Waals surface area contributed by atoms with Crippen LogP contribution in [0.4, 0.5) is 0 Å². The Morgan fingerprint density at radius 2 is 2.11 bits per heavy atom. The Bertz CT molecular complexity index is 453. The van der Waals surface area contributed by atoms with Crippen molar-refractivity contribution in [2.75, 3.05) is 7.05 Å². The van der Waals surface area contributed by atoms with Gasteiger partial charge in [-0.15, -0.1) is 0 Å². The highest BCUT2D eigenvalue weighted by Crippen LogP contribution is 2.06. The van der Waals surface area contributed by atoms with Crippen LogP contribution in [0.15, 0.2) is 6.07 Å². The van der Waals surface area contributed by atoms with Gasteiger partial charge >= 0.3 is 0 Å². The fourth-order valence-electron chi connectivity index (χ4n) is 1.88. The maximum atomic E-state index is 12.1. The van der Waals surface area contributed by atoms with Crippen molar-refractivity contribution in [2.24, 2.45) is 7.05 Å². The minimum Gasteiger partial charge on any atom is -0.357 e. The molecule has 0 spiro atoms. The van der Waals surface area contributed by atoms with E-state index in [1.807, 2.05) is 6.92 Å². The number of rotatable bonds is 6. The Morgan fingerprint density at radius 3 is 2.63 bits per heavy atom. The molecule has 0 aromatic carbocycles. The second-order valence-corrected chi connectivity index (χ2v) is 4.44. The summed E-state index contributed by atoms with van der Waals surface area (Å²) in [7, 11) is 3.29. The monoisotopic (exact) mass is 266 g/mol. The number of carbonyl (C=O) groups is 2. The number of amides is 2. The van der Waals surface area contributed by atoms with Gasteiger partial charge in [0.15, 0.2) is 0 Å². The topological polar surface area (TPSA) is 76.0 Å². The lowest BCUT2D eigenvalue weighted by Crippen LogP contribution is -2.45. The lowest BCUT2D eigenvalue weighted by Gasteiger charge is -2.15. The third-order valence-corrected chi connectivity index (χ3v) is 2.95. The maximum Gasteiger partial charge on any atom is 0.270 e. The molecule has 0 aliphatic heterocycles. The molecule has 106 valence electrons. The van der Waals surface area contributed by atoms with Gasteiger partial charge in [0.05, 0.1) is 5.69 Å². The predicted molar refractivity (Wildman–Crippen MR) is 72.8 cm³/mol. The molecule has 19 heavy (non-hydrogen) atoms. The van der Waals surface area contributed by atoms with Gasteiger partial charge in [0.2, 0.25) is 5.91 Å². The third-order valence-electron chi connectivity index (χ3n) is 2.95. The molecule has 0 aliphatic carbocycles. The van der Waals surface area contributed by atoms with Crippen molar-refractivity contribution in [3.05, 3.63) is 17.5 Å². The zero-order valence-corrected chi connectivity index (χ0v) is 12.0.